The van der Waals surface area contributed by atoms with Crippen LogP contribution in [0.1, 0.15) is 23.2 Å². The molecule has 0 saturated carbocycles. The number of benzene rings is 1. The lowest BCUT2D eigenvalue weighted by atomic mass is 9.97. The molecule has 0 aromatic heterocycles. The van der Waals surface area contributed by atoms with Crippen molar-refractivity contribution in [2.75, 3.05) is 19.6 Å². The maximum atomic E-state index is 12.4. The van der Waals surface area contributed by atoms with Crippen molar-refractivity contribution in [3.05, 3.63) is 29.8 Å². The van der Waals surface area contributed by atoms with Gasteiger partial charge in [0, 0.05) is 18.7 Å². The number of likely N-dealkylation sites (tertiary alicyclic amines) is 1. The van der Waals surface area contributed by atoms with Crippen LogP contribution in [-0.2, 0) is 14.8 Å². The Morgan fingerprint density at radius 1 is 1.33 bits per heavy atom. The molecule has 1 aromatic carbocycles. The van der Waals surface area contributed by atoms with E-state index >= 15 is 0 Å². The van der Waals surface area contributed by atoms with E-state index in [2.05, 4.69) is 10.6 Å². The van der Waals surface area contributed by atoms with Crippen LogP contribution in [0.2, 0.25) is 0 Å². The molecule has 0 radical (unpaired) electrons. The smallest absolute Gasteiger partial charge is 0.308 e. The van der Waals surface area contributed by atoms with Crippen molar-refractivity contribution in [2.45, 2.75) is 17.7 Å². The second-order valence-electron chi connectivity index (χ2n) is 5.48. The Labute approximate surface area is 140 Å². The van der Waals surface area contributed by atoms with Crippen LogP contribution < -0.4 is 4.72 Å². The first-order valence-corrected chi connectivity index (χ1v) is 8.88. The van der Waals surface area contributed by atoms with Gasteiger partial charge in [-0.2, -0.15) is 4.72 Å². The monoisotopic (exact) mass is 350 g/mol. The van der Waals surface area contributed by atoms with Crippen LogP contribution in [0.3, 0.4) is 0 Å². The van der Waals surface area contributed by atoms with Gasteiger partial charge in [-0.05, 0) is 37.1 Å². The fourth-order valence-corrected chi connectivity index (χ4v) is 3.48. The predicted octanol–water partition coefficient (Wildman–Crippen LogP) is 0.535. The molecule has 1 aliphatic rings. The Balaban J connectivity index is 2.11. The minimum Gasteiger partial charge on any atom is -0.481 e. The van der Waals surface area contributed by atoms with Crippen LogP contribution in [0.4, 0.5) is 0 Å². The molecule has 2 rings (SSSR count). The molecule has 1 aromatic rings. The number of carbonyl (C=O) groups excluding carboxylic acids is 1. The lowest BCUT2D eigenvalue weighted by Gasteiger charge is -2.30. The second kappa shape index (κ2) is 7.47. The number of amides is 1. The van der Waals surface area contributed by atoms with E-state index in [9.17, 15) is 18.0 Å². The zero-order valence-corrected chi connectivity index (χ0v) is 13.8. The van der Waals surface area contributed by atoms with Gasteiger partial charge in [0.15, 0.2) is 0 Å². The molecule has 1 aliphatic heterocycles. The maximum Gasteiger partial charge on any atom is 0.308 e. The van der Waals surface area contributed by atoms with E-state index in [4.69, 9.17) is 11.5 Å². The molecule has 7 nitrogen and oxygen atoms in total. The molecule has 2 N–H and O–H groups in total. The zero-order valence-electron chi connectivity index (χ0n) is 12.9. The molecule has 0 bridgehead atoms. The van der Waals surface area contributed by atoms with Crippen molar-refractivity contribution in [1.82, 2.24) is 9.62 Å². The molecule has 128 valence electrons. The number of rotatable bonds is 5. The molecular weight excluding hydrogens is 332 g/mol. The third kappa shape index (κ3) is 4.13. The van der Waals surface area contributed by atoms with Gasteiger partial charge in [0.2, 0.25) is 10.0 Å². The van der Waals surface area contributed by atoms with Crippen molar-refractivity contribution >= 4 is 21.9 Å². The molecule has 24 heavy (non-hydrogen) atoms. The van der Waals surface area contributed by atoms with Crippen LogP contribution >= 0.6 is 0 Å². The zero-order chi connectivity index (χ0) is 17.7. The highest BCUT2D eigenvalue weighted by atomic mass is 32.2. The fraction of sp³-hybridized carbons (Fsp3) is 0.375. The highest BCUT2D eigenvalue weighted by Crippen LogP contribution is 2.19. The molecular formula is C16H18N2O5S. The van der Waals surface area contributed by atoms with E-state index in [0.29, 0.717) is 24.9 Å². The number of carbonyl (C=O) groups is 2. The van der Waals surface area contributed by atoms with Gasteiger partial charge in [-0.1, -0.05) is 5.92 Å². The summed E-state index contributed by atoms with van der Waals surface area (Å²) >= 11 is 0. The van der Waals surface area contributed by atoms with E-state index in [1.54, 1.807) is 0 Å². The van der Waals surface area contributed by atoms with Gasteiger partial charge >= 0.3 is 5.97 Å². The second-order valence-corrected chi connectivity index (χ2v) is 7.25. The molecule has 1 amide bonds. The Kier molecular flexibility index (Phi) is 5.59. The molecule has 8 heteroatoms. The number of nitrogens with one attached hydrogen (secondary N) is 1. The SMILES string of the molecule is C#CCNS(=O)(=O)c1ccc(C(=O)N2CCCC(C(=O)O)C2)cc1. The summed E-state index contributed by atoms with van der Waals surface area (Å²) in [5.74, 6) is 0.408. The first kappa shape index (κ1) is 18.0. The Morgan fingerprint density at radius 3 is 2.58 bits per heavy atom. The van der Waals surface area contributed by atoms with E-state index in [0.717, 1.165) is 0 Å². The number of sulfonamides is 1. The number of hydrogen-bond acceptors (Lipinski definition) is 4. The van der Waals surface area contributed by atoms with Gasteiger partial charge in [-0.15, -0.1) is 6.42 Å². The number of hydrogen-bond donors (Lipinski definition) is 2. The summed E-state index contributed by atoms with van der Waals surface area (Å²) in [5, 5.41) is 9.08. The van der Waals surface area contributed by atoms with Gasteiger partial charge in [0.1, 0.15) is 0 Å². The lowest BCUT2D eigenvalue weighted by Crippen LogP contribution is -2.42. The largest absolute Gasteiger partial charge is 0.481 e. The standard InChI is InChI=1S/C16H18N2O5S/c1-2-9-17-24(22,23)14-7-5-12(6-8-14)15(19)18-10-3-4-13(11-18)16(20)21/h1,5-8,13,17H,3-4,9-11H2,(H,20,21). The first-order chi connectivity index (χ1) is 11.3. The molecule has 0 aliphatic carbocycles. The maximum absolute atomic E-state index is 12.4. The van der Waals surface area contributed by atoms with Crippen LogP contribution in [0.25, 0.3) is 0 Å². The Hall–Kier alpha value is -2.37. The molecule has 1 saturated heterocycles. The Bertz CT molecular complexity index is 765. The molecule has 1 heterocycles. The third-order valence-electron chi connectivity index (χ3n) is 3.83. The summed E-state index contributed by atoms with van der Waals surface area (Å²) in [6.45, 7) is 0.539. The highest BCUT2D eigenvalue weighted by Gasteiger charge is 2.28. The van der Waals surface area contributed by atoms with Crippen LogP contribution in [0.5, 0.6) is 0 Å². The van der Waals surface area contributed by atoms with E-state index in [-0.39, 0.29) is 23.9 Å². The van der Waals surface area contributed by atoms with Gasteiger partial charge < -0.3 is 10.0 Å². The number of nitrogens with zero attached hydrogens (tertiary/aromatic N) is 1. The van der Waals surface area contributed by atoms with Gasteiger partial charge in [-0.25, -0.2) is 8.42 Å². The third-order valence-corrected chi connectivity index (χ3v) is 5.25. The van der Waals surface area contributed by atoms with Crippen molar-refractivity contribution < 1.29 is 23.1 Å². The van der Waals surface area contributed by atoms with E-state index < -0.39 is 21.9 Å². The molecule has 1 unspecified atom stereocenters. The summed E-state index contributed by atoms with van der Waals surface area (Å²) in [4.78, 5) is 25.0. The average Bonchev–Trinajstić information content (AvgIpc) is 2.59. The summed E-state index contributed by atoms with van der Waals surface area (Å²) in [5.41, 5.74) is 0.317. The van der Waals surface area contributed by atoms with E-state index in [1.165, 1.54) is 29.2 Å². The van der Waals surface area contributed by atoms with Crippen molar-refractivity contribution in [3.63, 3.8) is 0 Å². The number of carboxylic acids is 1. The predicted molar refractivity (Wildman–Crippen MR) is 86.7 cm³/mol. The summed E-state index contributed by atoms with van der Waals surface area (Å²) in [6, 6.07) is 5.48. The van der Waals surface area contributed by atoms with Gasteiger partial charge in [-0.3, -0.25) is 9.59 Å². The highest BCUT2D eigenvalue weighted by molar-refractivity contribution is 7.89. The van der Waals surface area contributed by atoms with Crippen LogP contribution in [-0.4, -0.2) is 49.9 Å². The minimum absolute atomic E-state index is 0.0105. The Morgan fingerprint density at radius 2 is 2.00 bits per heavy atom. The fourth-order valence-electron chi connectivity index (χ4n) is 2.54. The minimum atomic E-state index is -3.70. The summed E-state index contributed by atoms with van der Waals surface area (Å²) in [6.07, 6.45) is 6.21. The first-order valence-electron chi connectivity index (χ1n) is 7.40. The van der Waals surface area contributed by atoms with Crippen molar-refractivity contribution in [1.29, 1.82) is 0 Å². The summed E-state index contributed by atoms with van der Waals surface area (Å²) in [7, 11) is -3.70. The van der Waals surface area contributed by atoms with Crippen molar-refractivity contribution in [3.8, 4) is 12.3 Å². The average molecular weight is 350 g/mol. The van der Waals surface area contributed by atoms with Gasteiger partial charge in [0.05, 0.1) is 17.4 Å². The topological polar surface area (TPSA) is 104 Å². The van der Waals surface area contributed by atoms with Crippen LogP contribution in [0, 0.1) is 18.3 Å². The van der Waals surface area contributed by atoms with Crippen LogP contribution in [0.15, 0.2) is 29.2 Å². The number of terminal acetylenes is 1. The van der Waals surface area contributed by atoms with Crippen molar-refractivity contribution in [2.24, 2.45) is 5.92 Å². The number of aliphatic carboxylic acids is 1. The number of piperidine rings is 1. The normalized spacial score (nSPS) is 18.0. The van der Waals surface area contributed by atoms with E-state index in [1.807, 2.05) is 0 Å². The van der Waals surface area contributed by atoms with Gasteiger partial charge in [0.25, 0.3) is 5.91 Å². The lowest BCUT2D eigenvalue weighted by molar-refractivity contribution is -0.143. The number of carboxylic acid groups (broad SMARTS) is 1. The molecule has 0 spiro atoms. The molecule has 1 atom stereocenters. The molecule has 1 fully saturated rings. The quantitative estimate of drug-likeness (QED) is 0.754. The summed E-state index contributed by atoms with van der Waals surface area (Å²) < 4.78 is 26.1.